The molecular formula is C23H23N3O2. The summed E-state index contributed by atoms with van der Waals surface area (Å²) in [5, 5.41) is 6.64. The Morgan fingerprint density at radius 3 is 2.54 bits per heavy atom. The SMILES string of the molecule is O=C(Nc1ccc(C2CC2NCC2CC2)cc1)c1ccc(-c2cnco2)cc1. The van der Waals surface area contributed by atoms with Crippen LogP contribution in [0.3, 0.4) is 0 Å². The van der Waals surface area contributed by atoms with Gasteiger partial charge in [0.05, 0.1) is 6.20 Å². The molecular weight excluding hydrogens is 350 g/mol. The summed E-state index contributed by atoms with van der Waals surface area (Å²) in [6, 6.07) is 16.2. The van der Waals surface area contributed by atoms with E-state index >= 15 is 0 Å². The van der Waals surface area contributed by atoms with Gasteiger partial charge in [0.2, 0.25) is 0 Å². The molecule has 2 N–H and O–H groups in total. The number of carbonyl (C=O) groups excluding carboxylic acids is 1. The average Bonchev–Trinajstić information content (AvgIpc) is 3.64. The number of nitrogens with one attached hydrogen (secondary N) is 2. The molecule has 5 heteroatoms. The van der Waals surface area contributed by atoms with Gasteiger partial charge in [-0.3, -0.25) is 4.79 Å². The third-order valence-electron chi connectivity index (χ3n) is 5.62. The van der Waals surface area contributed by atoms with Crippen LogP contribution in [0.5, 0.6) is 0 Å². The lowest BCUT2D eigenvalue weighted by atomic mass is 10.1. The van der Waals surface area contributed by atoms with E-state index in [0.29, 0.717) is 23.3 Å². The van der Waals surface area contributed by atoms with Crippen molar-refractivity contribution in [3.05, 3.63) is 72.2 Å². The maximum atomic E-state index is 12.5. The van der Waals surface area contributed by atoms with Gasteiger partial charge < -0.3 is 15.1 Å². The molecule has 2 aromatic carbocycles. The van der Waals surface area contributed by atoms with Crippen LogP contribution in [0.1, 0.15) is 41.1 Å². The number of rotatable bonds is 7. The van der Waals surface area contributed by atoms with Crippen LogP contribution in [-0.4, -0.2) is 23.5 Å². The molecule has 142 valence electrons. The largest absolute Gasteiger partial charge is 0.444 e. The summed E-state index contributed by atoms with van der Waals surface area (Å²) in [7, 11) is 0. The average molecular weight is 373 g/mol. The minimum atomic E-state index is -0.118. The molecule has 28 heavy (non-hydrogen) atoms. The quantitative estimate of drug-likeness (QED) is 0.642. The van der Waals surface area contributed by atoms with E-state index in [1.54, 1.807) is 18.3 Å². The minimum Gasteiger partial charge on any atom is -0.444 e. The van der Waals surface area contributed by atoms with Crippen molar-refractivity contribution >= 4 is 11.6 Å². The molecule has 3 aromatic rings. The summed E-state index contributed by atoms with van der Waals surface area (Å²) < 4.78 is 5.27. The van der Waals surface area contributed by atoms with Gasteiger partial charge in [0, 0.05) is 28.8 Å². The molecule has 2 saturated carbocycles. The zero-order chi connectivity index (χ0) is 18.9. The van der Waals surface area contributed by atoms with Crippen LogP contribution in [-0.2, 0) is 0 Å². The highest BCUT2D eigenvalue weighted by Gasteiger charge is 2.38. The molecule has 2 fully saturated rings. The molecule has 2 atom stereocenters. The Morgan fingerprint density at radius 2 is 1.86 bits per heavy atom. The van der Waals surface area contributed by atoms with E-state index in [1.807, 2.05) is 24.3 Å². The summed E-state index contributed by atoms with van der Waals surface area (Å²) in [6.45, 7) is 1.17. The van der Waals surface area contributed by atoms with E-state index in [1.165, 1.54) is 37.8 Å². The Labute approximate surface area is 164 Å². The number of benzene rings is 2. The molecule has 1 aromatic heterocycles. The predicted octanol–water partition coefficient (Wildman–Crippen LogP) is 4.45. The van der Waals surface area contributed by atoms with Gasteiger partial charge in [0.1, 0.15) is 0 Å². The molecule has 0 radical (unpaired) electrons. The van der Waals surface area contributed by atoms with Crippen LogP contribution in [0.25, 0.3) is 11.3 Å². The van der Waals surface area contributed by atoms with E-state index in [2.05, 4.69) is 27.8 Å². The molecule has 5 rings (SSSR count). The van der Waals surface area contributed by atoms with E-state index < -0.39 is 0 Å². The van der Waals surface area contributed by atoms with Crippen molar-refractivity contribution in [1.29, 1.82) is 0 Å². The fraction of sp³-hybridized carbons (Fsp3) is 0.304. The van der Waals surface area contributed by atoms with Crippen molar-refractivity contribution in [2.24, 2.45) is 5.92 Å². The number of amides is 1. The van der Waals surface area contributed by atoms with Crippen LogP contribution in [0.4, 0.5) is 5.69 Å². The summed E-state index contributed by atoms with van der Waals surface area (Å²) in [5.41, 5.74) is 3.67. The first kappa shape index (κ1) is 17.2. The normalized spacial score (nSPS) is 20.7. The van der Waals surface area contributed by atoms with Crippen molar-refractivity contribution in [2.45, 2.75) is 31.2 Å². The third-order valence-corrected chi connectivity index (χ3v) is 5.62. The predicted molar refractivity (Wildman–Crippen MR) is 108 cm³/mol. The van der Waals surface area contributed by atoms with Gasteiger partial charge in [-0.2, -0.15) is 0 Å². The summed E-state index contributed by atoms with van der Waals surface area (Å²) in [6.07, 6.45) is 7.05. The number of carbonyl (C=O) groups is 1. The Bertz CT molecular complexity index is 945. The van der Waals surface area contributed by atoms with E-state index in [0.717, 1.165) is 17.2 Å². The number of hydrogen-bond acceptors (Lipinski definition) is 4. The van der Waals surface area contributed by atoms with Crippen LogP contribution in [0.15, 0.2) is 65.5 Å². The topological polar surface area (TPSA) is 67.2 Å². The highest BCUT2D eigenvalue weighted by Crippen LogP contribution is 2.41. The highest BCUT2D eigenvalue weighted by molar-refractivity contribution is 6.04. The molecule has 2 aliphatic rings. The molecule has 0 saturated heterocycles. The Kier molecular flexibility index (Phi) is 4.45. The maximum Gasteiger partial charge on any atom is 0.255 e. The lowest BCUT2D eigenvalue weighted by Gasteiger charge is -2.08. The van der Waals surface area contributed by atoms with Crippen molar-refractivity contribution in [3.63, 3.8) is 0 Å². The third kappa shape index (κ3) is 3.85. The molecule has 2 aliphatic carbocycles. The molecule has 0 spiro atoms. The fourth-order valence-electron chi connectivity index (χ4n) is 3.59. The molecule has 5 nitrogen and oxygen atoms in total. The number of anilines is 1. The zero-order valence-corrected chi connectivity index (χ0v) is 15.6. The first-order valence-electron chi connectivity index (χ1n) is 9.90. The lowest BCUT2D eigenvalue weighted by molar-refractivity contribution is 0.102. The summed E-state index contributed by atoms with van der Waals surface area (Å²) in [4.78, 5) is 16.4. The van der Waals surface area contributed by atoms with Gasteiger partial charge in [0.25, 0.3) is 5.91 Å². The molecule has 0 aliphatic heterocycles. The van der Waals surface area contributed by atoms with Gasteiger partial charge in [-0.1, -0.05) is 24.3 Å². The second-order valence-corrected chi connectivity index (χ2v) is 7.82. The fourth-order valence-corrected chi connectivity index (χ4v) is 3.59. The van der Waals surface area contributed by atoms with E-state index in [4.69, 9.17) is 4.42 Å². The van der Waals surface area contributed by atoms with Crippen molar-refractivity contribution in [3.8, 4) is 11.3 Å². The van der Waals surface area contributed by atoms with Crippen molar-refractivity contribution in [2.75, 3.05) is 11.9 Å². The van der Waals surface area contributed by atoms with Gasteiger partial charge in [0.15, 0.2) is 12.2 Å². The minimum absolute atomic E-state index is 0.118. The number of hydrogen-bond donors (Lipinski definition) is 2. The van der Waals surface area contributed by atoms with Gasteiger partial charge >= 0.3 is 0 Å². The van der Waals surface area contributed by atoms with Gasteiger partial charge in [-0.15, -0.1) is 0 Å². The summed E-state index contributed by atoms with van der Waals surface area (Å²) >= 11 is 0. The van der Waals surface area contributed by atoms with Crippen LogP contribution in [0.2, 0.25) is 0 Å². The zero-order valence-electron chi connectivity index (χ0n) is 15.6. The molecule has 2 unspecified atom stereocenters. The Morgan fingerprint density at radius 1 is 1.07 bits per heavy atom. The Balaban J connectivity index is 1.17. The van der Waals surface area contributed by atoms with Crippen molar-refractivity contribution < 1.29 is 9.21 Å². The number of aromatic nitrogens is 1. The van der Waals surface area contributed by atoms with Crippen LogP contribution in [0, 0.1) is 5.92 Å². The van der Waals surface area contributed by atoms with Gasteiger partial charge in [-0.25, -0.2) is 4.98 Å². The second-order valence-electron chi connectivity index (χ2n) is 7.82. The van der Waals surface area contributed by atoms with Crippen LogP contribution >= 0.6 is 0 Å². The molecule has 1 amide bonds. The summed E-state index contributed by atoms with van der Waals surface area (Å²) in [5.74, 6) is 2.11. The standard InChI is InChI=1S/C23H23N3O2/c27-23(18-5-3-17(4-6-18)22-13-24-14-28-22)26-19-9-7-16(8-10-19)20-11-21(20)25-12-15-1-2-15/h3-10,13-15,20-21,25H,1-2,11-12H2,(H,26,27). The number of oxazole rings is 1. The Hall–Kier alpha value is -2.92. The lowest BCUT2D eigenvalue weighted by Crippen LogP contribution is -2.20. The van der Waals surface area contributed by atoms with Crippen molar-refractivity contribution in [1.82, 2.24) is 10.3 Å². The first-order valence-corrected chi connectivity index (χ1v) is 9.90. The smallest absolute Gasteiger partial charge is 0.255 e. The molecule has 0 bridgehead atoms. The van der Waals surface area contributed by atoms with E-state index in [-0.39, 0.29) is 5.91 Å². The second kappa shape index (κ2) is 7.24. The van der Waals surface area contributed by atoms with Crippen LogP contribution < -0.4 is 10.6 Å². The maximum absolute atomic E-state index is 12.5. The number of nitrogens with zero attached hydrogens (tertiary/aromatic N) is 1. The monoisotopic (exact) mass is 373 g/mol. The first-order chi connectivity index (χ1) is 13.8. The molecule has 1 heterocycles. The highest BCUT2D eigenvalue weighted by atomic mass is 16.3. The van der Waals surface area contributed by atoms with Gasteiger partial charge in [-0.05, 0) is 61.6 Å². The van der Waals surface area contributed by atoms with E-state index in [9.17, 15) is 4.79 Å².